The fourth-order valence-electron chi connectivity index (χ4n) is 3.00. The number of halogens is 3. The van der Waals surface area contributed by atoms with Gasteiger partial charge in [0.25, 0.3) is 0 Å². The second kappa shape index (κ2) is 14.7. The van der Waals surface area contributed by atoms with Crippen LogP contribution in [0.1, 0.15) is 31.4 Å². The average molecular weight is 510 g/mol. The van der Waals surface area contributed by atoms with Gasteiger partial charge in [-0.25, -0.2) is 0 Å². The Morgan fingerprint density at radius 1 is 1.06 bits per heavy atom. The standard InChI is InChI=1S/C26H30F3NO4S/c1-4-31-25(32-5-2)34-24-14-13-23(16-19(24)3)35-18-20(8-6-7-15-30)17-33-22-11-9-21(10-12-22)26(27,28)29/h6-7,9-14,16,20,25H,4-5,8,17-18H2,1-3H3/b7-6+. The summed E-state index contributed by atoms with van der Waals surface area (Å²) in [5.74, 6) is 1.77. The number of alkyl halides is 3. The molecule has 190 valence electrons. The molecular weight excluding hydrogens is 479 g/mol. The zero-order valence-electron chi connectivity index (χ0n) is 20.0. The molecule has 0 aromatic heterocycles. The summed E-state index contributed by atoms with van der Waals surface area (Å²) in [5, 5.41) is 8.78. The number of rotatable bonds is 14. The van der Waals surface area contributed by atoms with E-state index < -0.39 is 18.2 Å². The maximum Gasteiger partial charge on any atom is 0.416 e. The van der Waals surface area contributed by atoms with Crippen molar-refractivity contribution in [2.24, 2.45) is 5.92 Å². The lowest BCUT2D eigenvalue weighted by molar-refractivity contribution is -0.242. The summed E-state index contributed by atoms with van der Waals surface area (Å²) in [6, 6.07) is 12.4. The molecular formula is C26H30F3NO4S. The van der Waals surface area contributed by atoms with Crippen molar-refractivity contribution in [3.63, 3.8) is 0 Å². The van der Waals surface area contributed by atoms with Crippen LogP contribution < -0.4 is 9.47 Å². The van der Waals surface area contributed by atoms with E-state index in [1.165, 1.54) is 18.2 Å². The van der Waals surface area contributed by atoms with Crippen molar-refractivity contribution in [3.05, 3.63) is 65.7 Å². The molecule has 2 aromatic carbocycles. The van der Waals surface area contributed by atoms with Crippen LogP contribution in [0, 0.1) is 24.2 Å². The minimum Gasteiger partial charge on any atom is -0.493 e. The van der Waals surface area contributed by atoms with Gasteiger partial charge in [-0.15, -0.1) is 11.8 Å². The average Bonchev–Trinajstić information content (AvgIpc) is 2.82. The van der Waals surface area contributed by atoms with Crippen molar-refractivity contribution in [3.8, 4) is 17.6 Å². The number of hydrogen-bond donors (Lipinski definition) is 0. The van der Waals surface area contributed by atoms with Crippen LogP contribution in [-0.4, -0.2) is 32.0 Å². The molecule has 5 nitrogen and oxygen atoms in total. The van der Waals surface area contributed by atoms with Crippen LogP contribution >= 0.6 is 11.8 Å². The lowest BCUT2D eigenvalue weighted by Gasteiger charge is -2.20. The van der Waals surface area contributed by atoms with Crippen LogP contribution in [0.3, 0.4) is 0 Å². The number of hydrogen-bond acceptors (Lipinski definition) is 6. The van der Waals surface area contributed by atoms with E-state index in [9.17, 15) is 13.2 Å². The number of nitrogens with zero attached hydrogens (tertiary/aromatic N) is 1. The lowest BCUT2D eigenvalue weighted by atomic mass is 10.1. The Kier molecular flexibility index (Phi) is 12.0. The number of thioether (sulfide) groups is 1. The van der Waals surface area contributed by atoms with Gasteiger partial charge in [-0.3, -0.25) is 0 Å². The molecule has 0 heterocycles. The molecule has 1 unspecified atom stereocenters. The van der Waals surface area contributed by atoms with Gasteiger partial charge in [0, 0.05) is 22.6 Å². The zero-order valence-corrected chi connectivity index (χ0v) is 20.8. The highest BCUT2D eigenvalue weighted by Gasteiger charge is 2.30. The first-order valence-electron chi connectivity index (χ1n) is 11.2. The molecule has 9 heteroatoms. The van der Waals surface area contributed by atoms with E-state index >= 15 is 0 Å². The highest BCUT2D eigenvalue weighted by Crippen LogP contribution is 2.31. The van der Waals surface area contributed by atoms with Crippen molar-refractivity contribution in [2.75, 3.05) is 25.6 Å². The Bertz CT molecular complexity index is 968. The maximum atomic E-state index is 12.8. The van der Waals surface area contributed by atoms with E-state index in [0.29, 0.717) is 43.5 Å². The molecule has 0 N–H and O–H groups in total. The monoisotopic (exact) mass is 509 g/mol. The Morgan fingerprint density at radius 3 is 2.31 bits per heavy atom. The van der Waals surface area contributed by atoms with Crippen LogP contribution in [0.4, 0.5) is 13.2 Å². The molecule has 0 aliphatic rings. The molecule has 0 aliphatic heterocycles. The highest BCUT2D eigenvalue weighted by atomic mass is 32.2. The van der Waals surface area contributed by atoms with E-state index in [-0.39, 0.29) is 5.92 Å². The van der Waals surface area contributed by atoms with E-state index in [4.69, 9.17) is 24.2 Å². The molecule has 35 heavy (non-hydrogen) atoms. The predicted octanol–water partition coefficient (Wildman–Crippen LogP) is 7.01. The summed E-state index contributed by atoms with van der Waals surface area (Å²) in [5.41, 5.74) is 0.215. The SMILES string of the molecule is CCOC(OCC)Oc1ccc(SCC(C/C=C/C#N)COc2ccc(C(F)(F)F)cc2)cc1C. The Morgan fingerprint density at radius 2 is 1.74 bits per heavy atom. The van der Waals surface area contributed by atoms with Crippen molar-refractivity contribution in [1.29, 1.82) is 5.26 Å². The molecule has 0 saturated heterocycles. The van der Waals surface area contributed by atoms with Gasteiger partial charge in [-0.1, -0.05) is 6.08 Å². The summed E-state index contributed by atoms with van der Waals surface area (Å²) in [7, 11) is 0. The van der Waals surface area contributed by atoms with Crippen LogP contribution in [0.2, 0.25) is 0 Å². The third-order valence-corrected chi connectivity index (χ3v) is 6.02. The molecule has 0 saturated carbocycles. The molecule has 0 aliphatic carbocycles. The van der Waals surface area contributed by atoms with Crippen molar-refractivity contribution in [2.45, 2.75) is 44.7 Å². The largest absolute Gasteiger partial charge is 0.493 e. The van der Waals surface area contributed by atoms with Crippen molar-refractivity contribution in [1.82, 2.24) is 0 Å². The summed E-state index contributed by atoms with van der Waals surface area (Å²) in [6.07, 6.45) is -0.596. The van der Waals surface area contributed by atoms with Gasteiger partial charge in [-0.2, -0.15) is 18.4 Å². The van der Waals surface area contributed by atoms with E-state index in [1.807, 2.05) is 45.0 Å². The number of ether oxygens (including phenoxy) is 4. The second-order valence-electron chi connectivity index (χ2n) is 7.52. The zero-order chi connectivity index (χ0) is 25.7. The number of benzene rings is 2. The van der Waals surface area contributed by atoms with E-state index in [0.717, 1.165) is 22.6 Å². The first-order valence-corrected chi connectivity index (χ1v) is 12.2. The van der Waals surface area contributed by atoms with Gasteiger partial charge in [0.05, 0.1) is 31.5 Å². The number of nitriles is 1. The molecule has 2 rings (SSSR count). The maximum absolute atomic E-state index is 12.8. The van der Waals surface area contributed by atoms with Gasteiger partial charge in [-0.05, 0) is 75.2 Å². The Balaban J connectivity index is 1.98. The van der Waals surface area contributed by atoms with Crippen LogP contribution in [0.25, 0.3) is 0 Å². The third kappa shape index (κ3) is 10.2. The van der Waals surface area contributed by atoms with Gasteiger partial charge in [0.15, 0.2) is 0 Å². The molecule has 0 amide bonds. The first kappa shape index (κ1) is 28.6. The smallest absolute Gasteiger partial charge is 0.416 e. The summed E-state index contributed by atoms with van der Waals surface area (Å²) >= 11 is 1.63. The summed E-state index contributed by atoms with van der Waals surface area (Å²) in [4.78, 5) is 1.03. The topological polar surface area (TPSA) is 60.7 Å². The number of allylic oxidation sites excluding steroid dienone is 2. The lowest BCUT2D eigenvalue weighted by Crippen LogP contribution is -2.24. The van der Waals surface area contributed by atoms with Gasteiger partial charge < -0.3 is 18.9 Å². The molecule has 0 spiro atoms. The molecule has 0 fully saturated rings. The minimum absolute atomic E-state index is 0.0448. The molecule has 2 aromatic rings. The van der Waals surface area contributed by atoms with Crippen LogP contribution in [-0.2, 0) is 15.7 Å². The highest BCUT2D eigenvalue weighted by molar-refractivity contribution is 7.99. The summed E-state index contributed by atoms with van der Waals surface area (Å²) in [6.45, 7) is 6.15. The normalized spacial score (nSPS) is 12.6. The molecule has 0 radical (unpaired) electrons. The fourth-order valence-corrected chi connectivity index (χ4v) is 4.09. The second-order valence-corrected chi connectivity index (χ2v) is 8.62. The molecule has 0 bridgehead atoms. The van der Waals surface area contributed by atoms with Crippen LogP contribution in [0.15, 0.2) is 59.5 Å². The fraction of sp³-hybridized carbons (Fsp3) is 0.423. The van der Waals surface area contributed by atoms with Crippen molar-refractivity contribution >= 4 is 11.8 Å². The summed E-state index contributed by atoms with van der Waals surface area (Å²) < 4.78 is 60.7. The quantitative estimate of drug-likeness (QED) is 0.155. The van der Waals surface area contributed by atoms with Gasteiger partial charge in [0.1, 0.15) is 11.5 Å². The molecule has 1 atom stereocenters. The van der Waals surface area contributed by atoms with E-state index in [1.54, 1.807) is 17.8 Å². The number of aryl methyl sites for hydroxylation is 1. The predicted molar refractivity (Wildman–Crippen MR) is 129 cm³/mol. The van der Waals surface area contributed by atoms with Gasteiger partial charge in [0.2, 0.25) is 0 Å². The van der Waals surface area contributed by atoms with Gasteiger partial charge >= 0.3 is 12.7 Å². The Labute approximate surface area is 208 Å². The third-order valence-electron chi connectivity index (χ3n) is 4.79. The Hall–Kier alpha value is -2.67. The van der Waals surface area contributed by atoms with Crippen molar-refractivity contribution < 1.29 is 32.1 Å². The minimum atomic E-state index is -4.38. The van der Waals surface area contributed by atoms with E-state index in [2.05, 4.69) is 0 Å². The van der Waals surface area contributed by atoms with Crippen LogP contribution in [0.5, 0.6) is 11.5 Å². The first-order chi connectivity index (χ1) is 16.8.